The molecule has 3 heterocycles. The maximum Gasteiger partial charge on any atom is 0.256 e. The number of halogens is 1. The summed E-state index contributed by atoms with van der Waals surface area (Å²) in [5, 5.41) is 4.33. The molecule has 1 aliphatic heterocycles. The summed E-state index contributed by atoms with van der Waals surface area (Å²) in [6, 6.07) is 2.31. The summed E-state index contributed by atoms with van der Waals surface area (Å²) in [4.78, 5) is 15.1. The Hall–Kier alpha value is -1.69. The molecule has 6 nitrogen and oxygen atoms in total. The number of hydrogen-bond acceptors (Lipinski definition) is 5. The summed E-state index contributed by atoms with van der Waals surface area (Å²) in [7, 11) is 0. The first-order valence-electron chi connectivity index (χ1n) is 6.46. The first kappa shape index (κ1) is 12.3. The summed E-state index contributed by atoms with van der Waals surface area (Å²) < 4.78 is 1.59. The SMILES string of the molecule is CCC1CCCN1c1nc(Cl)nc(-n2cccn2)n1. The van der Waals surface area contributed by atoms with E-state index < -0.39 is 0 Å². The Bertz CT molecular complexity index is 555. The molecule has 0 radical (unpaired) electrons. The van der Waals surface area contributed by atoms with Gasteiger partial charge in [0.05, 0.1) is 0 Å². The molecule has 1 saturated heterocycles. The zero-order chi connectivity index (χ0) is 13.2. The van der Waals surface area contributed by atoms with E-state index in [0.717, 1.165) is 13.0 Å². The lowest BCUT2D eigenvalue weighted by atomic mass is 10.2. The van der Waals surface area contributed by atoms with Crippen LogP contribution in [0.2, 0.25) is 5.28 Å². The van der Waals surface area contributed by atoms with Crippen molar-refractivity contribution in [3.8, 4) is 5.95 Å². The lowest BCUT2D eigenvalue weighted by molar-refractivity contribution is 0.630. The highest BCUT2D eigenvalue weighted by Crippen LogP contribution is 2.25. The molecule has 19 heavy (non-hydrogen) atoms. The highest BCUT2D eigenvalue weighted by atomic mass is 35.5. The van der Waals surface area contributed by atoms with Gasteiger partial charge in [-0.1, -0.05) is 6.92 Å². The van der Waals surface area contributed by atoms with Crippen molar-refractivity contribution in [1.82, 2.24) is 24.7 Å². The quantitative estimate of drug-likeness (QED) is 0.860. The number of hydrogen-bond donors (Lipinski definition) is 0. The molecule has 2 aromatic heterocycles. The van der Waals surface area contributed by atoms with Gasteiger partial charge in [-0.15, -0.1) is 0 Å². The van der Waals surface area contributed by atoms with Crippen LogP contribution >= 0.6 is 11.6 Å². The van der Waals surface area contributed by atoms with Crippen LogP contribution in [-0.4, -0.2) is 37.3 Å². The molecule has 0 aromatic carbocycles. The van der Waals surface area contributed by atoms with Crippen molar-refractivity contribution in [2.24, 2.45) is 0 Å². The van der Waals surface area contributed by atoms with Crippen LogP contribution in [-0.2, 0) is 0 Å². The molecule has 0 amide bonds. The zero-order valence-corrected chi connectivity index (χ0v) is 11.5. The van der Waals surface area contributed by atoms with E-state index in [9.17, 15) is 0 Å². The molecule has 3 rings (SSSR count). The Kier molecular flexibility index (Phi) is 3.33. The van der Waals surface area contributed by atoms with Crippen molar-refractivity contribution in [2.75, 3.05) is 11.4 Å². The number of rotatable bonds is 3. The second-order valence-electron chi connectivity index (χ2n) is 4.55. The summed E-state index contributed by atoms with van der Waals surface area (Å²) in [6.07, 6.45) is 6.90. The largest absolute Gasteiger partial charge is 0.338 e. The Morgan fingerprint density at radius 1 is 1.32 bits per heavy atom. The van der Waals surface area contributed by atoms with Crippen molar-refractivity contribution in [1.29, 1.82) is 0 Å². The summed E-state index contributed by atoms with van der Waals surface area (Å²) in [5.74, 6) is 1.11. The molecule has 0 aliphatic carbocycles. The van der Waals surface area contributed by atoms with Gasteiger partial charge < -0.3 is 4.90 Å². The Morgan fingerprint density at radius 2 is 2.16 bits per heavy atom. The van der Waals surface area contributed by atoms with Gasteiger partial charge in [0.15, 0.2) is 0 Å². The van der Waals surface area contributed by atoms with E-state index in [4.69, 9.17) is 11.6 Å². The van der Waals surface area contributed by atoms with Gasteiger partial charge in [0.25, 0.3) is 5.95 Å². The van der Waals surface area contributed by atoms with Crippen LogP contribution in [0, 0.1) is 0 Å². The molecule has 1 fully saturated rings. The highest BCUT2D eigenvalue weighted by molar-refractivity contribution is 6.28. The molecule has 1 atom stereocenters. The Morgan fingerprint density at radius 3 is 2.89 bits per heavy atom. The standard InChI is InChI=1S/C12H15ClN6/c1-2-9-5-3-7-18(9)11-15-10(13)16-12(17-11)19-8-4-6-14-19/h4,6,8-9H,2-3,5,7H2,1H3. The lowest BCUT2D eigenvalue weighted by Crippen LogP contribution is -2.30. The van der Waals surface area contributed by atoms with E-state index >= 15 is 0 Å². The van der Waals surface area contributed by atoms with Gasteiger partial charge >= 0.3 is 0 Å². The van der Waals surface area contributed by atoms with Crippen molar-refractivity contribution in [3.05, 3.63) is 23.7 Å². The van der Waals surface area contributed by atoms with Crippen molar-refractivity contribution in [2.45, 2.75) is 32.2 Å². The van der Waals surface area contributed by atoms with Crippen LogP contribution in [0.15, 0.2) is 18.5 Å². The smallest absolute Gasteiger partial charge is 0.256 e. The van der Waals surface area contributed by atoms with Gasteiger partial charge in [0, 0.05) is 25.0 Å². The van der Waals surface area contributed by atoms with Crippen molar-refractivity contribution in [3.63, 3.8) is 0 Å². The van der Waals surface area contributed by atoms with E-state index in [0.29, 0.717) is 17.9 Å². The first-order valence-corrected chi connectivity index (χ1v) is 6.84. The van der Waals surface area contributed by atoms with Crippen molar-refractivity contribution < 1.29 is 0 Å². The fraction of sp³-hybridized carbons (Fsp3) is 0.500. The van der Waals surface area contributed by atoms with Crippen LogP contribution in [0.5, 0.6) is 0 Å². The first-order chi connectivity index (χ1) is 9.28. The molecular weight excluding hydrogens is 264 g/mol. The van der Waals surface area contributed by atoms with Crippen LogP contribution in [0.1, 0.15) is 26.2 Å². The fourth-order valence-corrected chi connectivity index (χ4v) is 2.62. The molecule has 1 aliphatic rings. The summed E-state index contributed by atoms with van der Waals surface area (Å²) in [5.41, 5.74) is 0. The normalized spacial score (nSPS) is 19.1. The van der Waals surface area contributed by atoms with E-state index in [2.05, 4.69) is 31.9 Å². The van der Waals surface area contributed by atoms with Crippen molar-refractivity contribution >= 4 is 17.5 Å². The number of anilines is 1. The molecule has 1 unspecified atom stereocenters. The molecule has 0 spiro atoms. The van der Waals surface area contributed by atoms with Gasteiger partial charge in [-0.2, -0.15) is 20.1 Å². The van der Waals surface area contributed by atoms with Gasteiger partial charge in [-0.05, 0) is 36.9 Å². The van der Waals surface area contributed by atoms with Gasteiger partial charge in [-0.3, -0.25) is 0 Å². The molecule has 100 valence electrons. The molecule has 0 saturated carbocycles. The van der Waals surface area contributed by atoms with Crippen LogP contribution < -0.4 is 4.90 Å². The average Bonchev–Trinajstić information content (AvgIpc) is 3.09. The van der Waals surface area contributed by atoms with Gasteiger partial charge in [-0.25, -0.2) is 4.68 Å². The molecule has 0 N–H and O–H groups in total. The van der Waals surface area contributed by atoms with E-state index in [1.165, 1.54) is 12.8 Å². The third-order valence-electron chi connectivity index (χ3n) is 3.40. The Balaban J connectivity index is 1.98. The third kappa shape index (κ3) is 2.40. The predicted octanol–water partition coefficient (Wildman–Crippen LogP) is 2.09. The third-order valence-corrected chi connectivity index (χ3v) is 3.57. The summed E-state index contributed by atoms with van der Waals surface area (Å²) in [6.45, 7) is 3.15. The molecular formula is C12H15ClN6. The molecule has 7 heteroatoms. The van der Waals surface area contributed by atoms with Crippen LogP contribution in [0.3, 0.4) is 0 Å². The fourth-order valence-electron chi connectivity index (χ4n) is 2.47. The maximum absolute atomic E-state index is 6.01. The van der Waals surface area contributed by atoms with Gasteiger partial charge in [0.2, 0.25) is 11.2 Å². The molecule has 2 aromatic rings. The van der Waals surface area contributed by atoms with Crippen LogP contribution in [0.25, 0.3) is 5.95 Å². The predicted molar refractivity (Wildman–Crippen MR) is 72.6 cm³/mol. The molecule has 0 bridgehead atoms. The monoisotopic (exact) mass is 278 g/mol. The number of aromatic nitrogens is 5. The van der Waals surface area contributed by atoms with E-state index in [-0.39, 0.29) is 5.28 Å². The lowest BCUT2D eigenvalue weighted by Gasteiger charge is -2.23. The average molecular weight is 279 g/mol. The maximum atomic E-state index is 6.01. The number of nitrogens with zero attached hydrogens (tertiary/aromatic N) is 6. The zero-order valence-electron chi connectivity index (χ0n) is 10.7. The minimum absolute atomic E-state index is 0.206. The topological polar surface area (TPSA) is 59.7 Å². The summed E-state index contributed by atoms with van der Waals surface area (Å²) >= 11 is 6.01. The highest BCUT2D eigenvalue weighted by Gasteiger charge is 2.26. The van der Waals surface area contributed by atoms with E-state index in [1.54, 1.807) is 17.1 Å². The Labute approximate surface area is 116 Å². The van der Waals surface area contributed by atoms with E-state index in [1.807, 2.05) is 6.07 Å². The minimum Gasteiger partial charge on any atom is -0.338 e. The second-order valence-corrected chi connectivity index (χ2v) is 4.89. The second kappa shape index (κ2) is 5.13. The van der Waals surface area contributed by atoms with Crippen LogP contribution in [0.4, 0.5) is 5.95 Å². The van der Waals surface area contributed by atoms with Gasteiger partial charge in [0.1, 0.15) is 0 Å². The minimum atomic E-state index is 0.206.